The SMILES string of the molecule is CCOc1cc(/C=C2/C(=N)N3N=C(CC)SC3=NC2=O)cc(Cl)c1OCCOc1ccc(OC)cc1. The van der Waals surface area contributed by atoms with E-state index in [1.165, 1.54) is 16.8 Å². The van der Waals surface area contributed by atoms with E-state index >= 15 is 0 Å². The molecule has 1 amide bonds. The molecule has 36 heavy (non-hydrogen) atoms. The van der Waals surface area contributed by atoms with Crippen LogP contribution < -0.4 is 18.9 Å². The lowest BCUT2D eigenvalue weighted by molar-refractivity contribution is -0.114. The van der Waals surface area contributed by atoms with Crippen molar-refractivity contribution in [1.29, 1.82) is 5.41 Å². The fourth-order valence-corrected chi connectivity index (χ4v) is 4.49. The Kier molecular flexibility index (Phi) is 8.17. The predicted octanol–water partition coefficient (Wildman–Crippen LogP) is 5.23. The second-order valence-electron chi connectivity index (χ2n) is 7.50. The van der Waals surface area contributed by atoms with Crippen LogP contribution in [0.2, 0.25) is 5.02 Å². The summed E-state index contributed by atoms with van der Waals surface area (Å²) in [5.41, 5.74) is 0.684. The highest BCUT2D eigenvalue weighted by Gasteiger charge is 2.35. The summed E-state index contributed by atoms with van der Waals surface area (Å²) in [7, 11) is 1.61. The number of thioether (sulfide) groups is 1. The standard InChI is InChI=1S/C25H25ClN4O5S/c1-4-21-29-30-23(27)18(24(31)28-25(30)36-21)12-15-13-19(26)22(20(14-15)33-5-2)35-11-10-34-17-8-6-16(32-3)7-9-17/h6-9,12-14,27H,4-5,10-11H2,1-3H3/b18-12-,27-23?. The van der Waals surface area contributed by atoms with Gasteiger partial charge in [0, 0.05) is 0 Å². The molecular formula is C25H25ClN4O5S. The molecule has 0 aliphatic carbocycles. The van der Waals surface area contributed by atoms with Gasteiger partial charge in [-0.25, -0.2) is 0 Å². The Bertz CT molecular complexity index is 1260. The molecule has 2 aromatic rings. The molecule has 0 saturated carbocycles. The van der Waals surface area contributed by atoms with Gasteiger partial charge < -0.3 is 18.9 Å². The Morgan fingerprint density at radius 2 is 1.81 bits per heavy atom. The maximum Gasteiger partial charge on any atom is 0.283 e. The van der Waals surface area contributed by atoms with E-state index in [2.05, 4.69) is 10.1 Å². The fourth-order valence-electron chi connectivity index (χ4n) is 3.39. The van der Waals surface area contributed by atoms with Crippen molar-refractivity contribution in [3.05, 3.63) is 52.6 Å². The molecule has 188 valence electrons. The molecule has 1 N–H and O–H groups in total. The number of benzene rings is 2. The molecule has 0 saturated heterocycles. The number of nitrogens with one attached hydrogen (secondary N) is 1. The summed E-state index contributed by atoms with van der Waals surface area (Å²) in [6, 6.07) is 10.6. The van der Waals surface area contributed by atoms with Gasteiger partial charge in [-0.2, -0.15) is 15.1 Å². The monoisotopic (exact) mass is 528 g/mol. The second-order valence-corrected chi connectivity index (χ2v) is 8.95. The maximum absolute atomic E-state index is 12.6. The van der Waals surface area contributed by atoms with Gasteiger partial charge in [0.1, 0.15) is 29.8 Å². The van der Waals surface area contributed by atoms with E-state index in [1.54, 1.807) is 25.3 Å². The Labute approximate surface area is 218 Å². The van der Waals surface area contributed by atoms with Gasteiger partial charge in [0.25, 0.3) is 5.91 Å². The van der Waals surface area contributed by atoms with E-state index in [1.807, 2.05) is 38.1 Å². The van der Waals surface area contributed by atoms with Gasteiger partial charge >= 0.3 is 0 Å². The third-order valence-electron chi connectivity index (χ3n) is 5.10. The number of nitrogens with zero attached hydrogens (tertiary/aromatic N) is 3. The summed E-state index contributed by atoms with van der Waals surface area (Å²) in [5.74, 6) is 1.69. The van der Waals surface area contributed by atoms with Crippen LogP contribution in [-0.2, 0) is 4.79 Å². The smallest absolute Gasteiger partial charge is 0.283 e. The molecule has 2 aliphatic heterocycles. The number of ether oxygens (including phenoxy) is 4. The summed E-state index contributed by atoms with van der Waals surface area (Å²) in [6.07, 6.45) is 2.25. The first-order valence-corrected chi connectivity index (χ1v) is 12.5. The zero-order chi connectivity index (χ0) is 25.7. The van der Waals surface area contributed by atoms with Crippen LogP contribution in [0.1, 0.15) is 25.8 Å². The molecule has 0 aromatic heterocycles. The lowest BCUT2D eigenvalue weighted by Crippen LogP contribution is -2.35. The summed E-state index contributed by atoms with van der Waals surface area (Å²) in [5, 5.41) is 15.7. The summed E-state index contributed by atoms with van der Waals surface area (Å²) in [4.78, 5) is 16.7. The Hall–Kier alpha value is -3.50. The number of rotatable bonds is 10. The number of hydrogen-bond donors (Lipinski definition) is 1. The van der Waals surface area contributed by atoms with Crippen molar-refractivity contribution in [2.45, 2.75) is 20.3 Å². The van der Waals surface area contributed by atoms with E-state index in [0.717, 1.165) is 10.8 Å². The number of hydrazone groups is 1. The number of amides is 1. The number of aliphatic imine (C=N–C) groups is 1. The number of halogens is 1. The van der Waals surface area contributed by atoms with Gasteiger partial charge in [0.2, 0.25) is 5.17 Å². The lowest BCUT2D eigenvalue weighted by Gasteiger charge is -2.20. The van der Waals surface area contributed by atoms with Gasteiger partial charge in [-0.1, -0.05) is 18.5 Å². The van der Waals surface area contributed by atoms with E-state index in [-0.39, 0.29) is 18.0 Å². The highest BCUT2D eigenvalue weighted by molar-refractivity contribution is 8.26. The number of amidine groups is 2. The van der Waals surface area contributed by atoms with Crippen LogP contribution in [-0.4, -0.2) is 53.9 Å². The van der Waals surface area contributed by atoms with E-state index in [4.69, 9.17) is 36.0 Å². The molecule has 0 radical (unpaired) electrons. The molecule has 9 nitrogen and oxygen atoms in total. The Balaban J connectivity index is 1.49. The van der Waals surface area contributed by atoms with Gasteiger partial charge in [-0.05, 0) is 73.1 Å². The predicted molar refractivity (Wildman–Crippen MR) is 142 cm³/mol. The zero-order valence-electron chi connectivity index (χ0n) is 20.0. The van der Waals surface area contributed by atoms with E-state index in [9.17, 15) is 4.79 Å². The van der Waals surface area contributed by atoms with Gasteiger partial charge in [-0.3, -0.25) is 10.2 Å². The molecule has 0 atom stereocenters. The van der Waals surface area contributed by atoms with Crippen LogP contribution in [0.25, 0.3) is 6.08 Å². The number of carbonyl (C=O) groups is 1. The number of fused-ring (bicyclic) bond motifs is 1. The quantitative estimate of drug-likeness (QED) is 0.332. The molecule has 2 aromatic carbocycles. The van der Waals surface area contributed by atoms with E-state index < -0.39 is 5.91 Å². The van der Waals surface area contributed by atoms with Crippen molar-refractivity contribution < 1.29 is 23.7 Å². The number of methoxy groups -OCH3 is 1. The summed E-state index contributed by atoms with van der Waals surface area (Å²) in [6.45, 7) is 4.72. The fraction of sp³-hybridized carbons (Fsp3) is 0.280. The van der Waals surface area contributed by atoms with Crippen molar-refractivity contribution in [1.82, 2.24) is 5.01 Å². The third kappa shape index (κ3) is 5.66. The van der Waals surface area contributed by atoms with Crippen LogP contribution in [0.3, 0.4) is 0 Å². The molecular weight excluding hydrogens is 504 g/mol. The van der Waals surface area contributed by atoms with Crippen molar-refractivity contribution in [3.8, 4) is 23.0 Å². The Morgan fingerprint density at radius 1 is 1.08 bits per heavy atom. The minimum Gasteiger partial charge on any atom is -0.497 e. The Morgan fingerprint density at radius 3 is 2.50 bits per heavy atom. The highest BCUT2D eigenvalue weighted by Crippen LogP contribution is 2.38. The van der Waals surface area contributed by atoms with Crippen molar-refractivity contribution in [3.63, 3.8) is 0 Å². The first-order chi connectivity index (χ1) is 17.4. The molecule has 4 rings (SSSR count). The average molecular weight is 529 g/mol. The van der Waals surface area contributed by atoms with Crippen molar-refractivity contribution in [2.24, 2.45) is 10.1 Å². The van der Waals surface area contributed by atoms with Crippen molar-refractivity contribution in [2.75, 3.05) is 26.9 Å². The molecule has 0 bridgehead atoms. The van der Waals surface area contributed by atoms with Crippen molar-refractivity contribution >= 4 is 51.4 Å². The number of hydrogen-bond acceptors (Lipinski definition) is 8. The number of carbonyl (C=O) groups excluding carboxylic acids is 1. The maximum atomic E-state index is 12.6. The van der Waals surface area contributed by atoms with Crippen LogP contribution in [0.4, 0.5) is 0 Å². The van der Waals surface area contributed by atoms with Gasteiger partial charge in [-0.15, -0.1) is 0 Å². The molecule has 2 aliphatic rings. The molecule has 11 heteroatoms. The van der Waals surface area contributed by atoms with Crippen LogP contribution >= 0.6 is 23.4 Å². The average Bonchev–Trinajstić information content (AvgIpc) is 3.29. The first kappa shape index (κ1) is 25.6. The minimum absolute atomic E-state index is 0.0361. The minimum atomic E-state index is -0.503. The summed E-state index contributed by atoms with van der Waals surface area (Å²) >= 11 is 7.82. The van der Waals surface area contributed by atoms with Gasteiger partial charge in [0.15, 0.2) is 17.3 Å². The first-order valence-electron chi connectivity index (χ1n) is 11.3. The van der Waals surface area contributed by atoms with Crippen LogP contribution in [0.15, 0.2) is 52.1 Å². The summed E-state index contributed by atoms with van der Waals surface area (Å²) < 4.78 is 22.5. The lowest BCUT2D eigenvalue weighted by atomic mass is 10.1. The zero-order valence-corrected chi connectivity index (χ0v) is 21.6. The highest BCUT2D eigenvalue weighted by atomic mass is 35.5. The normalized spacial score (nSPS) is 16.0. The molecule has 2 heterocycles. The second kappa shape index (κ2) is 11.5. The molecule has 0 spiro atoms. The third-order valence-corrected chi connectivity index (χ3v) is 6.43. The van der Waals surface area contributed by atoms with Crippen LogP contribution in [0, 0.1) is 5.41 Å². The largest absolute Gasteiger partial charge is 0.497 e. The topological polar surface area (TPSA) is 106 Å². The molecule has 0 unspecified atom stereocenters. The molecule has 0 fully saturated rings. The van der Waals surface area contributed by atoms with Crippen LogP contribution in [0.5, 0.6) is 23.0 Å². The van der Waals surface area contributed by atoms with E-state index in [0.29, 0.717) is 52.6 Å². The van der Waals surface area contributed by atoms with Gasteiger partial charge in [0.05, 0.1) is 24.3 Å².